The molecular formula is C43H74N4O7. The first-order valence-electron chi connectivity index (χ1n) is 20.9. The molecule has 2 aliphatic rings. The largest absolute Gasteiger partial charge is 0.391 e. The summed E-state index contributed by atoms with van der Waals surface area (Å²) < 4.78 is 17.5. The van der Waals surface area contributed by atoms with E-state index in [9.17, 15) is 19.5 Å². The molecule has 3 rings (SSSR count). The van der Waals surface area contributed by atoms with Gasteiger partial charge in [-0.15, -0.1) is 0 Å². The lowest BCUT2D eigenvalue weighted by atomic mass is 9.81. The third-order valence-corrected chi connectivity index (χ3v) is 11.4. The van der Waals surface area contributed by atoms with E-state index >= 15 is 0 Å². The van der Waals surface area contributed by atoms with Crippen molar-refractivity contribution in [3.63, 3.8) is 0 Å². The molecule has 0 radical (unpaired) electrons. The maximum Gasteiger partial charge on any atom is 0.252 e. The Morgan fingerprint density at radius 2 is 1.63 bits per heavy atom. The van der Waals surface area contributed by atoms with Crippen LogP contribution >= 0.6 is 0 Å². The number of hydrogen-bond acceptors (Lipinski definition) is 8. The number of benzene rings is 1. The molecule has 11 heteroatoms. The molecule has 1 aliphatic heterocycles. The Morgan fingerprint density at radius 1 is 0.944 bits per heavy atom. The molecule has 2 fully saturated rings. The monoisotopic (exact) mass is 759 g/mol. The fourth-order valence-corrected chi connectivity index (χ4v) is 7.95. The molecule has 1 aromatic rings. The Morgan fingerprint density at radius 3 is 2.24 bits per heavy atom. The van der Waals surface area contributed by atoms with Gasteiger partial charge in [-0.05, 0) is 76.6 Å². The molecule has 11 nitrogen and oxygen atoms in total. The number of unbranched alkanes of at least 4 members (excludes halogenated alkanes) is 1. The highest BCUT2D eigenvalue weighted by Gasteiger charge is 2.37. The van der Waals surface area contributed by atoms with Crippen molar-refractivity contribution in [2.75, 3.05) is 61.2 Å². The molecule has 1 aliphatic carbocycles. The second kappa shape index (κ2) is 24.8. The number of piperidine rings is 1. The van der Waals surface area contributed by atoms with Crippen molar-refractivity contribution < 1.29 is 33.7 Å². The van der Waals surface area contributed by atoms with Crippen LogP contribution < -0.4 is 5.32 Å². The van der Waals surface area contributed by atoms with E-state index in [0.29, 0.717) is 57.7 Å². The van der Waals surface area contributed by atoms with Crippen LogP contribution in [0.3, 0.4) is 0 Å². The van der Waals surface area contributed by atoms with E-state index < -0.39 is 24.4 Å². The number of amides is 3. The van der Waals surface area contributed by atoms with Gasteiger partial charge in [0.15, 0.2) is 0 Å². The standard InChI is InChI=1S/C43H74N4O7/c1-8-9-21-39(54-40(29-34-19-14-11-15-20-34)43(51)47-26-22-35(23-27-47)53-31-52-7)41(49)44-37(28-33-17-12-10-13-18-33)38(48)30-36(32(2)3)42(50)46(6)25-16-24-45(4)5/h11,14-15,19-20,32-33,35-40,48H,8-10,12-13,16-18,21-31H2,1-7H3,(H,44,49)/t36-,37-,38-,39-,40-/m0/s1. The van der Waals surface area contributed by atoms with Gasteiger partial charge >= 0.3 is 0 Å². The van der Waals surface area contributed by atoms with E-state index in [-0.39, 0.29) is 48.9 Å². The summed E-state index contributed by atoms with van der Waals surface area (Å²) in [6, 6.07) is 9.28. The van der Waals surface area contributed by atoms with Crippen molar-refractivity contribution in [3.8, 4) is 0 Å². The smallest absolute Gasteiger partial charge is 0.252 e. The Labute approximate surface area is 326 Å². The highest BCUT2D eigenvalue weighted by atomic mass is 16.7. The van der Waals surface area contributed by atoms with Crippen LogP contribution in [0, 0.1) is 17.8 Å². The lowest BCUT2D eigenvalue weighted by Gasteiger charge is -2.36. The molecule has 0 spiro atoms. The number of carbonyl (C=O) groups is 3. The summed E-state index contributed by atoms with van der Waals surface area (Å²) >= 11 is 0. The van der Waals surface area contributed by atoms with E-state index in [1.54, 1.807) is 12.0 Å². The quantitative estimate of drug-likeness (QED) is 0.130. The molecular weight excluding hydrogens is 684 g/mol. The Bertz CT molecular complexity index is 1200. The normalized spacial score (nSPS) is 18.7. The highest BCUT2D eigenvalue weighted by molar-refractivity contribution is 5.84. The summed E-state index contributed by atoms with van der Waals surface area (Å²) in [5.74, 6) is -0.347. The number of nitrogens with one attached hydrogen (secondary N) is 1. The van der Waals surface area contributed by atoms with Gasteiger partial charge < -0.3 is 39.3 Å². The van der Waals surface area contributed by atoms with Crippen LogP contribution in [0.4, 0.5) is 0 Å². The van der Waals surface area contributed by atoms with Gasteiger partial charge in [0, 0.05) is 46.1 Å². The van der Waals surface area contributed by atoms with Gasteiger partial charge in [0.2, 0.25) is 11.8 Å². The maximum absolute atomic E-state index is 14.4. The lowest BCUT2D eigenvalue weighted by molar-refractivity contribution is -0.157. The lowest BCUT2D eigenvalue weighted by Crippen LogP contribution is -2.52. The van der Waals surface area contributed by atoms with E-state index in [1.165, 1.54) is 6.42 Å². The van der Waals surface area contributed by atoms with Crippen molar-refractivity contribution in [3.05, 3.63) is 35.9 Å². The van der Waals surface area contributed by atoms with Crippen LogP contribution in [0.1, 0.15) is 110 Å². The minimum absolute atomic E-state index is 0.0245. The first-order valence-corrected chi connectivity index (χ1v) is 20.9. The van der Waals surface area contributed by atoms with Gasteiger partial charge in [-0.2, -0.15) is 0 Å². The molecule has 0 unspecified atom stereocenters. The number of likely N-dealkylation sites (tertiary alicyclic amines) is 1. The summed E-state index contributed by atoms with van der Waals surface area (Å²) in [5, 5.41) is 15.2. The fourth-order valence-electron chi connectivity index (χ4n) is 7.95. The Hall–Kier alpha value is -2.57. The minimum Gasteiger partial charge on any atom is -0.391 e. The van der Waals surface area contributed by atoms with Crippen molar-refractivity contribution >= 4 is 17.7 Å². The van der Waals surface area contributed by atoms with Crippen LogP contribution in [0.2, 0.25) is 0 Å². The number of aliphatic hydroxyl groups excluding tert-OH is 1. The molecule has 0 bridgehead atoms. The first-order chi connectivity index (χ1) is 25.9. The zero-order valence-electron chi connectivity index (χ0n) is 34.7. The van der Waals surface area contributed by atoms with Gasteiger partial charge in [0.25, 0.3) is 5.91 Å². The second-order valence-electron chi connectivity index (χ2n) is 16.5. The van der Waals surface area contributed by atoms with Gasteiger partial charge in [-0.1, -0.05) is 96.0 Å². The van der Waals surface area contributed by atoms with Gasteiger partial charge in [0.1, 0.15) is 19.0 Å². The fraction of sp³-hybridized carbons (Fsp3) is 0.791. The summed E-state index contributed by atoms with van der Waals surface area (Å²) in [6.07, 6.45) is 8.70. The summed E-state index contributed by atoms with van der Waals surface area (Å²) in [7, 11) is 7.51. The maximum atomic E-state index is 14.4. The highest BCUT2D eigenvalue weighted by Crippen LogP contribution is 2.30. The molecule has 308 valence electrons. The number of ether oxygens (including phenoxy) is 3. The number of nitrogens with zero attached hydrogens (tertiary/aromatic N) is 3. The van der Waals surface area contributed by atoms with Crippen LogP contribution in [0.15, 0.2) is 30.3 Å². The molecule has 0 aromatic heterocycles. The van der Waals surface area contributed by atoms with Gasteiger partial charge in [-0.3, -0.25) is 14.4 Å². The first kappa shape index (κ1) is 45.8. The minimum atomic E-state index is -0.905. The van der Waals surface area contributed by atoms with Crippen molar-refractivity contribution in [2.45, 2.75) is 141 Å². The molecule has 1 saturated carbocycles. The summed E-state index contributed by atoms with van der Waals surface area (Å²) in [4.78, 5) is 48.0. The number of methoxy groups -OCH3 is 1. The Kier molecular flexibility index (Phi) is 21.1. The Balaban J connectivity index is 1.81. The molecule has 2 N–H and O–H groups in total. The number of hydrogen-bond donors (Lipinski definition) is 2. The van der Waals surface area contributed by atoms with Crippen LogP contribution in [-0.2, 0) is 35.0 Å². The SMILES string of the molecule is CCCC[C@H](O[C@@H](Cc1ccccc1)C(=O)N1CCC(OCOC)CC1)C(=O)N[C@@H](CC1CCCCC1)[C@@H](O)C[C@H](C(=O)N(C)CCCN(C)C)C(C)C. The van der Waals surface area contributed by atoms with Crippen LogP contribution in [0.25, 0.3) is 0 Å². The van der Waals surface area contributed by atoms with E-state index in [1.807, 2.05) is 70.2 Å². The average molecular weight is 759 g/mol. The number of carbonyl (C=O) groups excluding carboxylic acids is 3. The van der Waals surface area contributed by atoms with E-state index in [2.05, 4.69) is 17.1 Å². The van der Waals surface area contributed by atoms with Crippen molar-refractivity contribution in [1.29, 1.82) is 0 Å². The van der Waals surface area contributed by atoms with Crippen LogP contribution in [-0.4, -0.2) is 129 Å². The average Bonchev–Trinajstić information content (AvgIpc) is 3.17. The number of rotatable bonds is 24. The topological polar surface area (TPSA) is 121 Å². The van der Waals surface area contributed by atoms with E-state index in [4.69, 9.17) is 14.2 Å². The molecule has 1 aromatic carbocycles. The second-order valence-corrected chi connectivity index (χ2v) is 16.5. The van der Waals surface area contributed by atoms with Gasteiger partial charge in [0.05, 0.1) is 18.2 Å². The summed E-state index contributed by atoms with van der Waals surface area (Å²) in [6.45, 7) is 9.00. The molecule has 1 heterocycles. The zero-order valence-corrected chi connectivity index (χ0v) is 34.7. The van der Waals surface area contributed by atoms with Crippen molar-refractivity contribution in [2.24, 2.45) is 17.8 Å². The molecule has 1 saturated heterocycles. The van der Waals surface area contributed by atoms with Crippen molar-refractivity contribution in [1.82, 2.24) is 20.0 Å². The zero-order chi connectivity index (χ0) is 39.5. The number of aliphatic hydroxyl groups is 1. The molecule has 54 heavy (non-hydrogen) atoms. The van der Waals surface area contributed by atoms with Gasteiger partial charge in [-0.25, -0.2) is 0 Å². The predicted octanol–water partition coefficient (Wildman–Crippen LogP) is 5.67. The molecule has 3 amide bonds. The van der Waals surface area contributed by atoms with E-state index in [0.717, 1.165) is 57.1 Å². The predicted molar refractivity (Wildman–Crippen MR) is 214 cm³/mol. The summed E-state index contributed by atoms with van der Waals surface area (Å²) in [5.41, 5.74) is 0.963. The third kappa shape index (κ3) is 15.9. The third-order valence-electron chi connectivity index (χ3n) is 11.4. The molecule has 5 atom stereocenters. The van der Waals surface area contributed by atoms with Crippen LogP contribution in [0.5, 0.6) is 0 Å².